The summed E-state index contributed by atoms with van der Waals surface area (Å²) < 4.78 is 1.59. The van der Waals surface area contributed by atoms with Gasteiger partial charge in [0.05, 0.1) is 11.3 Å². The minimum absolute atomic E-state index is 0.159. The van der Waals surface area contributed by atoms with Crippen molar-refractivity contribution < 1.29 is 5.11 Å². The van der Waals surface area contributed by atoms with Crippen LogP contribution in [-0.4, -0.2) is 9.67 Å². The molecule has 1 N–H and O–H groups in total. The van der Waals surface area contributed by atoms with Crippen LogP contribution >= 0.6 is 0 Å². The maximum atomic E-state index is 12.4. The lowest BCUT2D eigenvalue weighted by molar-refractivity contribution is 0.0766. The van der Waals surface area contributed by atoms with Crippen LogP contribution in [0.3, 0.4) is 0 Å². The van der Waals surface area contributed by atoms with Crippen molar-refractivity contribution in [2.24, 2.45) is 7.05 Å². The van der Waals surface area contributed by atoms with Gasteiger partial charge >= 0.3 is 0 Å². The van der Waals surface area contributed by atoms with Gasteiger partial charge in [0, 0.05) is 12.6 Å². The average Bonchev–Trinajstić information content (AvgIpc) is 2.34. The monoisotopic (exact) mass is 271 g/mol. The van der Waals surface area contributed by atoms with Gasteiger partial charge in [0.15, 0.2) is 0 Å². The standard InChI is InChI=1S/C17H21NO2/c1-11-6-7-13(10-12(11)2)15-9-8-14(17(3,4)20)16(19)18(15)5/h6-10,20H,1-5H3. The molecule has 1 aromatic carbocycles. The molecule has 0 radical (unpaired) electrons. The molecule has 0 amide bonds. The first-order chi connectivity index (χ1) is 9.21. The smallest absolute Gasteiger partial charge is 0.256 e. The number of pyridine rings is 1. The van der Waals surface area contributed by atoms with Gasteiger partial charge in [-0.25, -0.2) is 0 Å². The zero-order valence-corrected chi connectivity index (χ0v) is 12.7. The van der Waals surface area contributed by atoms with Crippen LogP contribution < -0.4 is 5.56 Å². The Morgan fingerprint density at radius 1 is 1.05 bits per heavy atom. The van der Waals surface area contributed by atoms with Crippen LogP contribution in [0.2, 0.25) is 0 Å². The van der Waals surface area contributed by atoms with Gasteiger partial charge in [-0.05, 0) is 62.6 Å². The highest BCUT2D eigenvalue weighted by atomic mass is 16.3. The number of hydrogen-bond acceptors (Lipinski definition) is 2. The van der Waals surface area contributed by atoms with E-state index in [0.717, 1.165) is 11.3 Å². The van der Waals surface area contributed by atoms with Crippen LogP contribution in [0.5, 0.6) is 0 Å². The Morgan fingerprint density at radius 3 is 2.25 bits per heavy atom. The second-order valence-electron chi connectivity index (χ2n) is 5.85. The van der Waals surface area contributed by atoms with Crippen molar-refractivity contribution in [3.05, 3.63) is 57.4 Å². The third-order valence-corrected chi connectivity index (χ3v) is 3.77. The fraction of sp³-hybridized carbons (Fsp3) is 0.353. The molecule has 0 fully saturated rings. The molecule has 0 saturated heterocycles. The number of aliphatic hydroxyl groups is 1. The van der Waals surface area contributed by atoms with Gasteiger partial charge in [-0.3, -0.25) is 4.79 Å². The van der Waals surface area contributed by atoms with E-state index in [1.54, 1.807) is 31.5 Å². The maximum absolute atomic E-state index is 12.4. The summed E-state index contributed by atoms with van der Waals surface area (Å²) >= 11 is 0. The quantitative estimate of drug-likeness (QED) is 0.912. The Morgan fingerprint density at radius 2 is 1.70 bits per heavy atom. The first kappa shape index (κ1) is 14.5. The fourth-order valence-electron chi connectivity index (χ4n) is 2.29. The summed E-state index contributed by atoms with van der Waals surface area (Å²) in [4.78, 5) is 12.4. The fourth-order valence-corrected chi connectivity index (χ4v) is 2.29. The molecule has 2 rings (SSSR count). The topological polar surface area (TPSA) is 42.2 Å². The molecule has 0 atom stereocenters. The minimum atomic E-state index is -1.13. The molecule has 0 aliphatic rings. The van der Waals surface area contributed by atoms with Crippen LogP contribution in [-0.2, 0) is 12.6 Å². The molecule has 20 heavy (non-hydrogen) atoms. The molecular weight excluding hydrogens is 250 g/mol. The highest BCUT2D eigenvalue weighted by Crippen LogP contribution is 2.23. The molecule has 1 aromatic heterocycles. The summed E-state index contributed by atoms with van der Waals surface area (Å²) in [6.45, 7) is 7.37. The minimum Gasteiger partial charge on any atom is -0.386 e. The summed E-state index contributed by atoms with van der Waals surface area (Å²) in [6, 6.07) is 9.75. The SMILES string of the molecule is Cc1ccc(-c2ccc(C(C)(C)O)c(=O)n2C)cc1C. The largest absolute Gasteiger partial charge is 0.386 e. The summed E-state index contributed by atoms with van der Waals surface area (Å²) in [5, 5.41) is 10.0. The van der Waals surface area contributed by atoms with Crippen molar-refractivity contribution in [2.45, 2.75) is 33.3 Å². The van der Waals surface area contributed by atoms with Gasteiger partial charge in [0.2, 0.25) is 0 Å². The number of nitrogens with zero attached hydrogens (tertiary/aromatic N) is 1. The number of aryl methyl sites for hydroxylation is 2. The van der Waals surface area contributed by atoms with Crippen molar-refractivity contribution in [1.82, 2.24) is 4.57 Å². The van der Waals surface area contributed by atoms with Crippen LogP contribution in [0.4, 0.5) is 0 Å². The first-order valence-electron chi connectivity index (χ1n) is 6.72. The number of rotatable bonds is 2. The van der Waals surface area contributed by atoms with Gasteiger partial charge in [0.1, 0.15) is 0 Å². The molecule has 0 aliphatic carbocycles. The lowest BCUT2D eigenvalue weighted by Crippen LogP contribution is -2.31. The summed E-state index contributed by atoms with van der Waals surface area (Å²) in [7, 11) is 1.74. The number of hydrogen-bond donors (Lipinski definition) is 1. The van der Waals surface area contributed by atoms with E-state index in [9.17, 15) is 9.90 Å². The molecule has 106 valence electrons. The average molecular weight is 271 g/mol. The molecule has 0 saturated carbocycles. The van der Waals surface area contributed by atoms with Crippen LogP contribution in [0.15, 0.2) is 35.1 Å². The van der Waals surface area contributed by atoms with E-state index >= 15 is 0 Å². The van der Waals surface area contributed by atoms with E-state index in [1.807, 2.05) is 12.1 Å². The van der Waals surface area contributed by atoms with E-state index in [2.05, 4.69) is 26.0 Å². The maximum Gasteiger partial charge on any atom is 0.256 e. The van der Waals surface area contributed by atoms with Crippen molar-refractivity contribution >= 4 is 0 Å². The Balaban J connectivity index is 2.63. The molecule has 3 nitrogen and oxygen atoms in total. The van der Waals surface area contributed by atoms with Crippen molar-refractivity contribution in [1.29, 1.82) is 0 Å². The molecular formula is C17H21NO2. The molecule has 3 heteroatoms. The third kappa shape index (κ3) is 2.54. The van der Waals surface area contributed by atoms with E-state index < -0.39 is 5.60 Å². The Kier molecular flexibility index (Phi) is 3.57. The zero-order valence-electron chi connectivity index (χ0n) is 12.7. The predicted octanol–water partition coefficient (Wildman–Crippen LogP) is 2.90. The third-order valence-electron chi connectivity index (χ3n) is 3.77. The van der Waals surface area contributed by atoms with Crippen molar-refractivity contribution in [2.75, 3.05) is 0 Å². The first-order valence-corrected chi connectivity index (χ1v) is 6.72. The molecule has 0 bridgehead atoms. The summed E-state index contributed by atoms with van der Waals surface area (Å²) in [5.74, 6) is 0. The van der Waals surface area contributed by atoms with Gasteiger partial charge in [-0.15, -0.1) is 0 Å². The normalized spacial score (nSPS) is 11.7. The van der Waals surface area contributed by atoms with Crippen LogP contribution in [0, 0.1) is 13.8 Å². The second kappa shape index (κ2) is 4.91. The molecule has 1 heterocycles. The Labute approximate surface area is 119 Å². The summed E-state index contributed by atoms with van der Waals surface area (Å²) in [5.41, 5.74) is 3.41. The van der Waals surface area contributed by atoms with Crippen LogP contribution in [0.25, 0.3) is 11.3 Å². The van der Waals surface area contributed by atoms with Crippen molar-refractivity contribution in [3.8, 4) is 11.3 Å². The summed E-state index contributed by atoms with van der Waals surface area (Å²) in [6.07, 6.45) is 0. The predicted molar refractivity (Wildman–Crippen MR) is 81.8 cm³/mol. The lowest BCUT2D eigenvalue weighted by Gasteiger charge is -2.19. The van der Waals surface area contributed by atoms with E-state index in [0.29, 0.717) is 5.56 Å². The lowest BCUT2D eigenvalue weighted by atomic mass is 9.98. The van der Waals surface area contributed by atoms with E-state index in [1.165, 1.54) is 11.1 Å². The van der Waals surface area contributed by atoms with Gasteiger partial charge in [-0.1, -0.05) is 12.1 Å². The zero-order chi connectivity index (χ0) is 15.1. The number of aromatic nitrogens is 1. The van der Waals surface area contributed by atoms with Crippen molar-refractivity contribution in [3.63, 3.8) is 0 Å². The Hall–Kier alpha value is -1.87. The molecule has 0 spiro atoms. The highest BCUT2D eigenvalue weighted by Gasteiger charge is 2.21. The highest BCUT2D eigenvalue weighted by molar-refractivity contribution is 5.61. The Bertz CT molecular complexity index is 706. The van der Waals surface area contributed by atoms with Gasteiger partial charge in [-0.2, -0.15) is 0 Å². The molecule has 0 unspecified atom stereocenters. The van der Waals surface area contributed by atoms with Gasteiger partial charge in [0.25, 0.3) is 5.56 Å². The number of benzene rings is 1. The van der Waals surface area contributed by atoms with Crippen LogP contribution in [0.1, 0.15) is 30.5 Å². The van der Waals surface area contributed by atoms with E-state index in [-0.39, 0.29) is 5.56 Å². The molecule has 2 aromatic rings. The second-order valence-corrected chi connectivity index (χ2v) is 5.85. The van der Waals surface area contributed by atoms with Gasteiger partial charge < -0.3 is 9.67 Å². The van der Waals surface area contributed by atoms with E-state index in [4.69, 9.17) is 0 Å². The molecule has 0 aliphatic heterocycles.